The van der Waals surface area contributed by atoms with E-state index in [9.17, 15) is 4.79 Å². The molecule has 13 heavy (non-hydrogen) atoms. The van der Waals surface area contributed by atoms with E-state index in [4.69, 9.17) is 9.84 Å². The predicted molar refractivity (Wildman–Crippen MR) is 46.5 cm³/mol. The Morgan fingerprint density at radius 2 is 2.38 bits per heavy atom. The van der Waals surface area contributed by atoms with Gasteiger partial charge in [-0.25, -0.2) is 0 Å². The summed E-state index contributed by atoms with van der Waals surface area (Å²) >= 11 is 0. The van der Waals surface area contributed by atoms with Crippen LogP contribution in [0.1, 0.15) is 5.56 Å². The van der Waals surface area contributed by atoms with Crippen LogP contribution in [-0.2, 0) is 11.2 Å². The van der Waals surface area contributed by atoms with Gasteiger partial charge in [-0.15, -0.1) is 0 Å². The van der Waals surface area contributed by atoms with E-state index in [1.165, 1.54) is 0 Å². The Balaban J connectivity index is 2.29. The summed E-state index contributed by atoms with van der Waals surface area (Å²) in [5, 5.41) is 11.2. The highest BCUT2D eigenvalue weighted by Crippen LogP contribution is 2.27. The van der Waals surface area contributed by atoms with E-state index in [-0.39, 0.29) is 12.7 Å². The number of aliphatic hydroxyl groups excluding tert-OH is 1. The molecule has 0 atom stereocenters. The molecule has 1 heterocycles. The van der Waals surface area contributed by atoms with Crippen molar-refractivity contribution in [3.05, 3.63) is 23.8 Å². The lowest BCUT2D eigenvalue weighted by Gasteiger charge is -2.03. The fraction of sp³-hybridized carbons (Fsp3) is 0.222. The molecule has 68 valence electrons. The fourth-order valence-electron chi connectivity index (χ4n) is 1.36. The largest absolute Gasteiger partial charge is 0.468 e. The minimum atomic E-state index is -0.354. The summed E-state index contributed by atoms with van der Waals surface area (Å²) in [6.07, 6.45) is 0.425. The molecule has 4 heteroatoms. The zero-order valence-electron chi connectivity index (χ0n) is 6.91. The molecule has 0 aliphatic carbocycles. The molecule has 0 saturated heterocycles. The molecule has 0 radical (unpaired) electrons. The van der Waals surface area contributed by atoms with Crippen molar-refractivity contribution in [3.63, 3.8) is 0 Å². The molecule has 0 saturated carbocycles. The van der Waals surface area contributed by atoms with E-state index in [0.29, 0.717) is 12.2 Å². The molecule has 0 bridgehead atoms. The molecular formula is C9H9NO3. The number of nitrogens with one attached hydrogen (secondary N) is 1. The zero-order valence-corrected chi connectivity index (χ0v) is 6.91. The van der Waals surface area contributed by atoms with Crippen LogP contribution in [-0.4, -0.2) is 17.8 Å². The summed E-state index contributed by atoms with van der Waals surface area (Å²) in [5.74, 6) is 0.555. The Kier molecular flexibility index (Phi) is 1.90. The zero-order chi connectivity index (χ0) is 9.26. The van der Waals surface area contributed by atoms with Gasteiger partial charge < -0.3 is 15.2 Å². The van der Waals surface area contributed by atoms with Crippen molar-refractivity contribution < 1.29 is 14.6 Å². The van der Waals surface area contributed by atoms with Crippen LogP contribution in [0.3, 0.4) is 0 Å². The topological polar surface area (TPSA) is 58.6 Å². The van der Waals surface area contributed by atoms with Gasteiger partial charge in [-0.1, -0.05) is 6.07 Å². The standard InChI is InChI=1S/C9H9NO3/c11-5-13-7-2-1-6-3-9(12)10-8(6)4-7/h1-2,4,11H,3,5H2,(H,10,12). The van der Waals surface area contributed by atoms with E-state index in [0.717, 1.165) is 11.3 Å². The molecule has 2 rings (SSSR count). The first-order chi connectivity index (χ1) is 6.29. The maximum Gasteiger partial charge on any atom is 0.228 e. The molecule has 0 aromatic heterocycles. The number of ether oxygens (including phenoxy) is 1. The highest BCUT2D eigenvalue weighted by Gasteiger charge is 2.17. The van der Waals surface area contributed by atoms with Crippen molar-refractivity contribution in [2.45, 2.75) is 6.42 Å². The van der Waals surface area contributed by atoms with Gasteiger partial charge in [0, 0.05) is 11.8 Å². The van der Waals surface area contributed by atoms with E-state index in [1.54, 1.807) is 12.1 Å². The third-order valence-electron chi connectivity index (χ3n) is 1.94. The van der Waals surface area contributed by atoms with Gasteiger partial charge in [0.1, 0.15) is 5.75 Å². The van der Waals surface area contributed by atoms with Crippen molar-refractivity contribution >= 4 is 11.6 Å². The molecule has 1 amide bonds. The van der Waals surface area contributed by atoms with Gasteiger partial charge >= 0.3 is 0 Å². The van der Waals surface area contributed by atoms with Gasteiger partial charge in [-0.3, -0.25) is 4.79 Å². The molecule has 1 aliphatic heterocycles. The Labute approximate surface area is 75.1 Å². The van der Waals surface area contributed by atoms with Crippen LogP contribution in [0.2, 0.25) is 0 Å². The Morgan fingerprint density at radius 3 is 3.15 bits per heavy atom. The summed E-state index contributed by atoms with van der Waals surface area (Å²) < 4.78 is 4.87. The average Bonchev–Trinajstić information content (AvgIpc) is 2.44. The first-order valence-corrected chi connectivity index (χ1v) is 3.96. The fourth-order valence-corrected chi connectivity index (χ4v) is 1.36. The lowest BCUT2D eigenvalue weighted by Crippen LogP contribution is -2.03. The molecule has 0 fully saturated rings. The van der Waals surface area contributed by atoms with Gasteiger partial charge in [0.05, 0.1) is 6.42 Å². The van der Waals surface area contributed by atoms with Crippen LogP contribution in [0.15, 0.2) is 18.2 Å². The number of aliphatic hydroxyl groups is 1. The van der Waals surface area contributed by atoms with Gasteiger partial charge in [-0.05, 0) is 11.6 Å². The van der Waals surface area contributed by atoms with Crippen molar-refractivity contribution in [2.24, 2.45) is 0 Å². The minimum absolute atomic E-state index is 0.00357. The molecule has 1 aromatic carbocycles. The van der Waals surface area contributed by atoms with Gasteiger partial charge in [0.25, 0.3) is 0 Å². The first-order valence-electron chi connectivity index (χ1n) is 3.96. The number of fused-ring (bicyclic) bond motifs is 1. The van der Waals surface area contributed by atoms with Crippen LogP contribution in [0.25, 0.3) is 0 Å². The summed E-state index contributed by atoms with van der Waals surface area (Å²) in [7, 11) is 0. The van der Waals surface area contributed by atoms with E-state index >= 15 is 0 Å². The van der Waals surface area contributed by atoms with Gasteiger partial charge in [0.2, 0.25) is 5.91 Å². The normalized spacial score (nSPS) is 13.8. The Hall–Kier alpha value is -1.55. The van der Waals surface area contributed by atoms with E-state index < -0.39 is 0 Å². The van der Waals surface area contributed by atoms with Crippen LogP contribution in [0.4, 0.5) is 5.69 Å². The maximum absolute atomic E-state index is 11.0. The van der Waals surface area contributed by atoms with Crippen LogP contribution in [0.5, 0.6) is 5.75 Å². The van der Waals surface area contributed by atoms with Crippen molar-refractivity contribution in [1.82, 2.24) is 0 Å². The number of amides is 1. The SMILES string of the molecule is O=C1Cc2ccc(OCO)cc2N1. The molecule has 0 spiro atoms. The summed E-state index contributed by atoms with van der Waals surface area (Å²) in [4.78, 5) is 11.0. The maximum atomic E-state index is 11.0. The van der Waals surface area contributed by atoms with Crippen molar-refractivity contribution in [1.29, 1.82) is 0 Å². The number of carbonyl (C=O) groups excluding carboxylic acids is 1. The first kappa shape index (κ1) is 8.07. The van der Waals surface area contributed by atoms with Gasteiger partial charge in [-0.2, -0.15) is 0 Å². The minimum Gasteiger partial charge on any atom is -0.468 e. The average molecular weight is 179 g/mol. The second-order valence-corrected chi connectivity index (χ2v) is 2.82. The van der Waals surface area contributed by atoms with Crippen molar-refractivity contribution in [2.75, 3.05) is 12.1 Å². The third-order valence-corrected chi connectivity index (χ3v) is 1.94. The summed E-state index contributed by atoms with van der Waals surface area (Å²) in [5.41, 5.74) is 1.74. The number of hydrogen-bond acceptors (Lipinski definition) is 3. The van der Waals surface area contributed by atoms with Crippen LogP contribution >= 0.6 is 0 Å². The third kappa shape index (κ3) is 1.48. The highest BCUT2D eigenvalue weighted by atomic mass is 16.6. The monoisotopic (exact) mass is 179 g/mol. The number of anilines is 1. The van der Waals surface area contributed by atoms with Gasteiger partial charge in [0.15, 0.2) is 6.79 Å². The van der Waals surface area contributed by atoms with Crippen molar-refractivity contribution in [3.8, 4) is 5.75 Å². The summed E-state index contributed by atoms with van der Waals surface area (Å²) in [6.45, 7) is -0.354. The Morgan fingerprint density at radius 1 is 1.54 bits per heavy atom. The number of hydrogen-bond donors (Lipinski definition) is 2. The molecular weight excluding hydrogens is 170 g/mol. The molecule has 2 N–H and O–H groups in total. The van der Waals surface area contributed by atoms with E-state index in [2.05, 4.69) is 5.32 Å². The smallest absolute Gasteiger partial charge is 0.228 e. The molecule has 4 nitrogen and oxygen atoms in total. The lowest BCUT2D eigenvalue weighted by molar-refractivity contribution is -0.115. The number of carbonyl (C=O) groups is 1. The number of benzene rings is 1. The quantitative estimate of drug-likeness (QED) is 0.650. The van der Waals surface area contributed by atoms with Crippen LogP contribution in [0, 0.1) is 0 Å². The van der Waals surface area contributed by atoms with E-state index in [1.807, 2.05) is 6.07 Å². The predicted octanol–water partition coefficient (Wildman–Crippen LogP) is 0.510. The molecule has 1 aromatic rings. The second-order valence-electron chi connectivity index (χ2n) is 2.82. The second kappa shape index (κ2) is 3.06. The highest BCUT2D eigenvalue weighted by molar-refractivity contribution is 5.99. The number of rotatable bonds is 2. The lowest BCUT2D eigenvalue weighted by atomic mass is 10.1. The Bertz CT molecular complexity index is 349. The van der Waals surface area contributed by atoms with Crippen LogP contribution < -0.4 is 10.1 Å². The molecule has 0 unspecified atom stereocenters. The molecule has 1 aliphatic rings. The summed E-state index contributed by atoms with van der Waals surface area (Å²) in [6, 6.07) is 5.25.